The minimum atomic E-state index is -6.00. The second kappa shape index (κ2) is 8.90. The monoisotopic (exact) mass is 503 g/mol. The molecular weight excluding hydrogens is 489 g/mol. The molecule has 2 aromatic rings. The van der Waals surface area contributed by atoms with Crippen molar-refractivity contribution in [3.05, 3.63) is 23.0 Å². The van der Waals surface area contributed by atoms with E-state index in [4.69, 9.17) is 14.4 Å². The Bertz CT molecular complexity index is 1140. The third-order valence-corrected chi connectivity index (χ3v) is 7.65. The number of phosphoric acid groups is 3. The van der Waals surface area contributed by atoms with Crippen LogP contribution in [0.5, 0.6) is 0 Å². The number of nitrogens with one attached hydrogen (secondary N) is 1. The number of phosphoric ester groups is 1. The van der Waals surface area contributed by atoms with Gasteiger partial charge in [-0.05, 0) is 0 Å². The molecule has 0 aliphatic carbocycles. The van der Waals surface area contributed by atoms with Crippen molar-refractivity contribution in [2.24, 2.45) is 0 Å². The van der Waals surface area contributed by atoms with Crippen molar-refractivity contribution in [2.75, 3.05) is 13.7 Å². The van der Waals surface area contributed by atoms with E-state index < -0.39 is 54.1 Å². The third-order valence-electron chi connectivity index (χ3n) is 3.96. The zero-order valence-electron chi connectivity index (χ0n) is 15.3. The number of ether oxygens (including phenoxy) is 2. The first-order valence-electron chi connectivity index (χ1n) is 8.12. The van der Waals surface area contributed by atoms with E-state index in [1.54, 1.807) is 0 Å². The Morgan fingerprint density at radius 1 is 1.26 bits per heavy atom. The number of aromatic amines is 1. The van der Waals surface area contributed by atoms with Crippen molar-refractivity contribution >= 4 is 34.6 Å². The zero-order chi connectivity index (χ0) is 23.0. The normalized spacial score (nSPS) is 27.6. The number of hydrogen-bond donors (Lipinski definition) is 2. The smallest absolute Gasteiger partial charge is 0.280 e. The predicted octanol–water partition coefficient (Wildman–Crippen LogP) is -2.13. The summed E-state index contributed by atoms with van der Waals surface area (Å²) in [5, 5.41) is 0. The molecule has 6 atom stereocenters. The minimum absolute atomic E-state index is 0.0444. The van der Waals surface area contributed by atoms with Crippen LogP contribution in [0.1, 0.15) is 12.6 Å². The molecule has 3 rings (SSSR count). The molecule has 0 spiro atoms. The van der Waals surface area contributed by atoms with E-state index in [1.165, 1.54) is 18.0 Å². The molecule has 1 aliphatic rings. The molecule has 17 nitrogen and oxygen atoms in total. The van der Waals surface area contributed by atoms with Gasteiger partial charge in [-0.1, -0.05) is 0 Å². The lowest BCUT2D eigenvalue weighted by Gasteiger charge is -2.33. The number of rotatable bonds is 9. The first-order valence-corrected chi connectivity index (χ1v) is 12.5. The van der Waals surface area contributed by atoms with Gasteiger partial charge < -0.3 is 38.6 Å². The Morgan fingerprint density at radius 3 is 2.61 bits per heavy atom. The van der Waals surface area contributed by atoms with Crippen LogP contribution in [-0.4, -0.2) is 50.3 Å². The molecule has 1 aliphatic heterocycles. The van der Waals surface area contributed by atoms with Gasteiger partial charge in [-0.3, -0.25) is 23.1 Å². The van der Waals surface area contributed by atoms with E-state index in [-0.39, 0.29) is 17.6 Å². The second-order valence-corrected chi connectivity index (χ2v) is 10.3. The number of fused-ring (bicyclic) bond motifs is 1. The molecule has 174 valence electrons. The van der Waals surface area contributed by atoms with E-state index in [9.17, 15) is 33.2 Å². The van der Waals surface area contributed by atoms with Crippen LogP contribution < -0.4 is 20.2 Å². The molecule has 20 heteroatoms. The lowest BCUT2D eigenvalue weighted by Crippen LogP contribution is -2.29. The molecule has 0 saturated carbocycles. The highest BCUT2D eigenvalue weighted by Crippen LogP contribution is 2.61. The molecule has 3 unspecified atom stereocenters. The fourth-order valence-corrected chi connectivity index (χ4v) is 5.69. The molecule has 1 saturated heterocycles. The molecular formula is C11H14N4O13P3-3. The Balaban J connectivity index is 1.68. The van der Waals surface area contributed by atoms with E-state index in [1.807, 2.05) is 0 Å². The Labute approximate surface area is 172 Å². The highest BCUT2D eigenvalue weighted by molar-refractivity contribution is 7.65. The standard InChI is InChI=1S/C11H17N4O13P3/c1-24-6-2-8(15-5-14-9-10(15)12-4-13-11(9)16)26-7(6)3-25-30(20,21)28-31(22,23)27-29(17,18)19/h4-8H,2-3H2,1H3,(H,20,21)(H,22,23)(H,12,13,16)(H2,17,18,19)/p-3/t6-,7-,8-/m1/s1. The van der Waals surface area contributed by atoms with Crippen molar-refractivity contribution in [2.45, 2.75) is 24.9 Å². The van der Waals surface area contributed by atoms with E-state index in [0.717, 1.165) is 6.33 Å². The molecule has 2 aromatic heterocycles. The highest BCUT2D eigenvalue weighted by Gasteiger charge is 2.38. The van der Waals surface area contributed by atoms with Crippen LogP contribution in [0.4, 0.5) is 0 Å². The quantitative estimate of drug-likeness (QED) is 0.347. The van der Waals surface area contributed by atoms with Gasteiger partial charge in [0.05, 0.1) is 25.4 Å². The highest BCUT2D eigenvalue weighted by atomic mass is 31.3. The molecule has 0 amide bonds. The molecule has 0 aromatic carbocycles. The first-order chi connectivity index (χ1) is 14.3. The van der Waals surface area contributed by atoms with Gasteiger partial charge >= 0.3 is 0 Å². The van der Waals surface area contributed by atoms with Crippen molar-refractivity contribution < 1.29 is 55.9 Å². The summed E-state index contributed by atoms with van der Waals surface area (Å²) < 4.78 is 56.8. The number of H-pyrrole nitrogens is 1. The average Bonchev–Trinajstić information content (AvgIpc) is 3.21. The third kappa shape index (κ3) is 6.14. The first kappa shape index (κ1) is 24.3. The predicted molar refractivity (Wildman–Crippen MR) is 90.6 cm³/mol. The van der Waals surface area contributed by atoms with Gasteiger partial charge in [-0.2, -0.15) is 0 Å². The van der Waals surface area contributed by atoms with Crippen molar-refractivity contribution in [1.82, 2.24) is 19.5 Å². The molecule has 2 N–H and O–H groups in total. The molecule has 31 heavy (non-hydrogen) atoms. The second-order valence-electron chi connectivity index (χ2n) is 6.02. The molecule has 0 bridgehead atoms. The number of methoxy groups -OCH3 is 1. The van der Waals surface area contributed by atoms with Gasteiger partial charge in [0.15, 0.2) is 11.2 Å². The Morgan fingerprint density at radius 2 is 1.97 bits per heavy atom. The van der Waals surface area contributed by atoms with Crippen LogP contribution in [0.15, 0.2) is 17.4 Å². The van der Waals surface area contributed by atoms with Crippen LogP contribution in [0, 0.1) is 0 Å². The Kier molecular flexibility index (Phi) is 6.99. The molecule has 1 fully saturated rings. The van der Waals surface area contributed by atoms with Crippen LogP contribution in [-0.2, 0) is 36.3 Å². The maximum atomic E-state index is 11.8. The van der Waals surface area contributed by atoms with Gasteiger partial charge in [0.1, 0.15) is 12.3 Å². The van der Waals surface area contributed by atoms with E-state index in [0.29, 0.717) is 0 Å². The summed E-state index contributed by atoms with van der Waals surface area (Å²) in [6, 6.07) is 0. The summed E-state index contributed by atoms with van der Waals surface area (Å²) in [4.78, 5) is 63.8. The Hall–Kier alpha value is -1.32. The summed E-state index contributed by atoms with van der Waals surface area (Å²) in [5.74, 6) is 0. The molecule has 3 heterocycles. The fraction of sp³-hybridized carbons (Fsp3) is 0.545. The van der Waals surface area contributed by atoms with Crippen LogP contribution in [0.3, 0.4) is 0 Å². The van der Waals surface area contributed by atoms with Gasteiger partial charge in [-0.25, -0.2) is 18.6 Å². The maximum absolute atomic E-state index is 11.8. The van der Waals surface area contributed by atoms with E-state index in [2.05, 4.69) is 28.1 Å². The molecule has 0 radical (unpaired) electrons. The number of aromatic nitrogens is 4. The van der Waals surface area contributed by atoms with Crippen LogP contribution >= 0.6 is 23.5 Å². The van der Waals surface area contributed by atoms with Gasteiger partial charge in [0, 0.05) is 13.5 Å². The summed E-state index contributed by atoms with van der Waals surface area (Å²) in [7, 11) is -16.2. The number of imidazole rings is 1. The van der Waals surface area contributed by atoms with Crippen LogP contribution in [0.2, 0.25) is 0 Å². The minimum Gasteiger partial charge on any atom is -0.756 e. The van der Waals surface area contributed by atoms with Crippen LogP contribution in [0.25, 0.3) is 11.2 Å². The summed E-state index contributed by atoms with van der Waals surface area (Å²) >= 11 is 0. The fourth-order valence-electron chi connectivity index (χ4n) is 2.80. The van der Waals surface area contributed by atoms with Gasteiger partial charge in [0.2, 0.25) is 0 Å². The zero-order valence-corrected chi connectivity index (χ0v) is 18.0. The lowest BCUT2D eigenvalue weighted by molar-refractivity contribution is -0.250. The van der Waals surface area contributed by atoms with Crippen molar-refractivity contribution in [3.8, 4) is 0 Å². The summed E-state index contributed by atoms with van der Waals surface area (Å²) in [5.41, 5.74) is -0.245. The topological polar surface area (TPSA) is 250 Å². The van der Waals surface area contributed by atoms with Crippen molar-refractivity contribution in [1.29, 1.82) is 0 Å². The van der Waals surface area contributed by atoms with Crippen molar-refractivity contribution in [3.63, 3.8) is 0 Å². The van der Waals surface area contributed by atoms with Gasteiger partial charge in [-0.15, -0.1) is 0 Å². The van der Waals surface area contributed by atoms with Gasteiger partial charge in [0.25, 0.3) is 29.0 Å². The SMILES string of the molecule is CO[C@@H]1C[C@H](n2cnc3c(=O)[nH]cnc32)O[C@@H]1COP(=O)([O-])OP(=O)([O-])OP(=O)([O-])O. The average molecular weight is 503 g/mol. The summed E-state index contributed by atoms with van der Waals surface area (Å²) in [6.45, 7) is -0.787. The van der Waals surface area contributed by atoms with E-state index >= 15 is 0 Å². The largest absolute Gasteiger partial charge is 0.756 e. The lowest BCUT2D eigenvalue weighted by atomic mass is 10.2. The number of nitrogens with zero attached hydrogens (tertiary/aromatic N) is 3. The number of hydrogen-bond acceptors (Lipinski definition) is 14. The maximum Gasteiger partial charge on any atom is 0.280 e. The summed E-state index contributed by atoms with van der Waals surface area (Å²) in [6.07, 6.45) is 0.0140.